The van der Waals surface area contributed by atoms with Gasteiger partial charge in [-0.1, -0.05) is 24.3 Å². The number of rotatable bonds is 4. The fourth-order valence-corrected chi connectivity index (χ4v) is 2.22. The van der Waals surface area contributed by atoms with E-state index in [0.717, 1.165) is 23.3 Å². The molecule has 2 nitrogen and oxygen atoms in total. The Kier molecular flexibility index (Phi) is 4.22. The van der Waals surface area contributed by atoms with E-state index in [1.165, 1.54) is 5.56 Å². The molecule has 20 heavy (non-hydrogen) atoms. The van der Waals surface area contributed by atoms with E-state index in [1.54, 1.807) is 6.07 Å². The molecule has 0 unspecified atom stereocenters. The third kappa shape index (κ3) is 2.89. The van der Waals surface area contributed by atoms with Crippen LogP contribution in [0.25, 0.3) is 0 Å². The highest BCUT2D eigenvalue weighted by atomic mass is 16.5. The number of hydrogen-bond acceptors (Lipinski definition) is 2. The number of aryl methyl sites for hydroxylation is 2. The monoisotopic (exact) mass is 263 g/mol. The first kappa shape index (κ1) is 13.9. The second-order valence-corrected chi connectivity index (χ2v) is 4.76. The smallest absolute Gasteiger partial charge is 0.145 e. The zero-order chi connectivity index (χ0) is 14.5. The summed E-state index contributed by atoms with van der Waals surface area (Å²) >= 11 is 0. The molecule has 0 atom stereocenters. The van der Waals surface area contributed by atoms with Crippen molar-refractivity contribution < 1.29 is 4.74 Å². The summed E-state index contributed by atoms with van der Waals surface area (Å²) in [4.78, 5) is 0. The van der Waals surface area contributed by atoms with Gasteiger partial charge in [-0.2, -0.15) is 5.26 Å². The lowest BCUT2D eigenvalue weighted by molar-refractivity contribution is 0.475. The van der Waals surface area contributed by atoms with Gasteiger partial charge in [0.05, 0.1) is 5.56 Å². The van der Waals surface area contributed by atoms with E-state index in [2.05, 4.69) is 25.6 Å². The number of allylic oxidation sites excluding steroid dienone is 1. The Morgan fingerprint density at radius 3 is 2.65 bits per heavy atom. The first-order chi connectivity index (χ1) is 9.65. The number of para-hydroxylation sites is 1. The molecule has 0 radical (unpaired) electrons. The number of hydrogen-bond donors (Lipinski definition) is 0. The fraction of sp³-hybridized carbons (Fsp3) is 0.167. The zero-order valence-electron chi connectivity index (χ0n) is 11.8. The normalized spacial score (nSPS) is 9.85. The van der Waals surface area contributed by atoms with E-state index < -0.39 is 0 Å². The van der Waals surface area contributed by atoms with Crippen LogP contribution >= 0.6 is 0 Å². The van der Waals surface area contributed by atoms with Crippen LogP contribution in [-0.2, 0) is 6.42 Å². The lowest BCUT2D eigenvalue weighted by atomic mass is 10.0. The predicted molar refractivity (Wildman–Crippen MR) is 81.0 cm³/mol. The minimum absolute atomic E-state index is 0.538. The van der Waals surface area contributed by atoms with Gasteiger partial charge in [0, 0.05) is 5.56 Å². The molecule has 0 bridgehead atoms. The van der Waals surface area contributed by atoms with Gasteiger partial charge >= 0.3 is 0 Å². The van der Waals surface area contributed by atoms with Crippen LogP contribution in [0.4, 0.5) is 0 Å². The van der Waals surface area contributed by atoms with Crippen LogP contribution in [0.2, 0.25) is 0 Å². The van der Waals surface area contributed by atoms with Crippen LogP contribution in [0.3, 0.4) is 0 Å². The molecule has 0 N–H and O–H groups in total. The largest absolute Gasteiger partial charge is 0.456 e. The number of benzene rings is 2. The summed E-state index contributed by atoms with van der Waals surface area (Å²) in [5.74, 6) is 1.38. The summed E-state index contributed by atoms with van der Waals surface area (Å²) < 4.78 is 5.98. The van der Waals surface area contributed by atoms with Gasteiger partial charge in [-0.15, -0.1) is 6.58 Å². The van der Waals surface area contributed by atoms with Crippen molar-refractivity contribution in [2.45, 2.75) is 20.3 Å². The molecule has 0 saturated carbocycles. The molecule has 0 fully saturated rings. The maximum absolute atomic E-state index is 9.13. The van der Waals surface area contributed by atoms with Crippen LogP contribution in [-0.4, -0.2) is 0 Å². The van der Waals surface area contributed by atoms with Crippen LogP contribution in [0.15, 0.2) is 49.1 Å². The Balaban J connectivity index is 2.47. The highest BCUT2D eigenvalue weighted by Gasteiger charge is 2.10. The highest BCUT2D eigenvalue weighted by Crippen LogP contribution is 2.31. The maximum Gasteiger partial charge on any atom is 0.145 e. The Hall–Kier alpha value is -2.53. The van der Waals surface area contributed by atoms with Gasteiger partial charge in [-0.25, -0.2) is 0 Å². The SMILES string of the molecule is C=CCc1c(C)cc(C)cc1Oc1ccccc1C#N. The average Bonchev–Trinajstić information content (AvgIpc) is 2.43. The number of ether oxygens (including phenoxy) is 1. The Morgan fingerprint density at radius 2 is 1.95 bits per heavy atom. The molecule has 2 aromatic carbocycles. The minimum Gasteiger partial charge on any atom is -0.456 e. The molecule has 0 aromatic heterocycles. The zero-order valence-corrected chi connectivity index (χ0v) is 11.8. The summed E-state index contributed by atoms with van der Waals surface area (Å²) in [5.41, 5.74) is 3.96. The summed E-state index contributed by atoms with van der Waals surface area (Å²) in [5, 5.41) is 9.13. The molecule has 100 valence electrons. The van der Waals surface area contributed by atoms with Gasteiger partial charge in [0.1, 0.15) is 17.6 Å². The van der Waals surface area contributed by atoms with Crippen LogP contribution in [0.5, 0.6) is 11.5 Å². The van der Waals surface area contributed by atoms with Crippen molar-refractivity contribution in [3.63, 3.8) is 0 Å². The van der Waals surface area contributed by atoms with Gasteiger partial charge in [-0.05, 0) is 49.6 Å². The molecule has 0 aliphatic carbocycles. The second kappa shape index (κ2) is 6.08. The van der Waals surface area contributed by atoms with E-state index in [0.29, 0.717) is 11.3 Å². The van der Waals surface area contributed by atoms with Crippen molar-refractivity contribution >= 4 is 0 Å². The predicted octanol–water partition coefficient (Wildman–Crippen LogP) is 4.70. The number of nitrogens with zero attached hydrogens (tertiary/aromatic N) is 1. The molecular formula is C18H17NO. The molecule has 0 heterocycles. The van der Waals surface area contributed by atoms with Gasteiger partial charge in [0.15, 0.2) is 0 Å². The highest BCUT2D eigenvalue weighted by molar-refractivity contribution is 5.49. The van der Waals surface area contributed by atoms with Crippen LogP contribution in [0.1, 0.15) is 22.3 Å². The van der Waals surface area contributed by atoms with E-state index in [9.17, 15) is 0 Å². The van der Waals surface area contributed by atoms with E-state index in [1.807, 2.05) is 37.3 Å². The van der Waals surface area contributed by atoms with Gasteiger partial charge in [0.25, 0.3) is 0 Å². The molecule has 0 spiro atoms. The topological polar surface area (TPSA) is 33.0 Å². The third-order valence-electron chi connectivity index (χ3n) is 3.15. The van der Waals surface area contributed by atoms with E-state index >= 15 is 0 Å². The number of nitriles is 1. The maximum atomic E-state index is 9.13. The van der Waals surface area contributed by atoms with Crippen molar-refractivity contribution in [1.82, 2.24) is 0 Å². The molecule has 0 aliphatic rings. The average molecular weight is 263 g/mol. The molecular weight excluding hydrogens is 246 g/mol. The standard InChI is InChI=1S/C18H17NO/c1-4-7-16-14(3)10-13(2)11-18(16)20-17-9-6-5-8-15(17)12-19/h4-6,8-11H,1,7H2,2-3H3. The van der Waals surface area contributed by atoms with E-state index in [-0.39, 0.29) is 0 Å². The second-order valence-electron chi connectivity index (χ2n) is 4.76. The Bertz CT molecular complexity index is 680. The molecule has 0 saturated heterocycles. The lowest BCUT2D eigenvalue weighted by Crippen LogP contribution is -1.96. The molecule has 2 aromatic rings. The summed E-state index contributed by atoms with van der Waals surface area (Å²) in [6.45, 7) is 7.89. The summed E-state index contributed by atoms with van der Waals surface area (Å²) in [6, 6.07) is 13.5. The third-order valence-corrected chi connectivity index (χ3v) is 3.15. The fourth-order valence-electron chi connectivity index (χ4n) is 2.22. The van der Waals surface area contributed by atoms with E-state index in [4.69, 9.17) is 10.00 Å². The van der Waals surface area contributed by atoms with Crippen molar-refractivity contribution in [3.8, 4) is 17.6 Å². The summed E-state index contributed by atoms with van der Waals surface area (Å²) in [7, 11) is 0. The molecule has 0 amide bonds. The van der Waals surface area contributed by atoms with Crippen molar-refractivity contribution in [2.75, 3.05) is 0 Å². The summed E-state index contributed by atoms with van der Waals surface area (Å²) in [6.07, 6.45) is 2.61. The van der Waals surface area contributed by atoms with Gasteiger partial charge < -0.3 is 4.74 Å². The van der Waals surface area contributed by atoms with Crippen molar-refractivity contribution in [2.24, 2.45) is 0 Å². The minimum atomic E-state index is 0.538. The molecule has 2 heteroatoms. The van der Waals surface area contributed by atoms with Crippen LogP contribution < -0.4 is 4.74 Å². The Morgan fingerprint density at radius 1 is 1.20 bits per heavy atom. The van der Waals surface area contributed by atoms with Crippen molar-refractivity contribution in [1.29, 1.82) is 5.26 Å². The van der Waals surface area contributed by atoms with Gasteiger partial charge in [-0.3, -0.25) is 0 Å². The van der Waals surface area contributed by atoms with Gasteiger partial charge in [0.2, 0.25) is 0 Å². The first-order valence-electron chi connectivity index (χ1n) is 6.53. The Labute approximate surface area is 119 Å². The van der Waals surface area contributed by atoms with Crippen LogP contribution in [0, 0.1) is 25.2 Å². The molecule has 2 rings (SSSR count). The quantitative estimate of drug-likeness (QED) is 0.749. The molecule has 0 aliphatic heterocycles. The lowest BCUT2D eigenvalue weighted by Gasteiger charge is -2.14. The van der Waals surface area contributed by atoms with Crippen molar-refractivity contribution in [3.05, 3.63) is 71.3 Å². The first-order valence-corrected chi connectivity index (χ1v) is 6.53.